The Bertz CT molecular complexity index is 870. The monoisotopic (exact) mass is 312 g/mol. The lowest BCUT2D eigenvalue weighted by Crippen LogP contribution is -2.07. The second-order valence-corrected chi connectivity index (χ2v) is 5.11. The first-order chi connectivity index (χ1) is 11.1. The number of aryl methyl sites for hydroxylation is 1. The van der Waals surface area contributed by atoms with Gasteiger partial charge in [0.25, 0.3) is 0 Å². The molecule has 1 N–H and O–H groups in total. The molecular weight excluding hydrogens is 296 g/mol. The number of aromatic carboxylic acids is 1. The normalized spacial score (nSPS) is 10.7. The molecule has 0 radical (unpaired) electrons. The molecule has 118 valence electrons. The molecule has 0 spiro atoms. The minimum Gasteiger partial charge on any atom is -0.497 e. The summed E-state index contributed by atoms with van der Waals surface area (Å²) in [5.41, 5.74) is 2.10. The number of pyridine rings is 1. The van der Waals surface area contributed by atoms with Gasteiger partial charge in [-0.05, 0) is 36.8 Å². The molecule has 0 aliphatic heterocycles. The lowest BCUT2D eigenvalue weighted by atomic mass is 10.3. The Labute approximate surface area is 132 Å². The molecule has 23 heavy (non-hydrogen) atoms. The molecule has 0 aliphatic rings. The number of fused-ring (bicyclic) bond motifs is 1. The number of hydrogen-bond acceptors (Lipinski definition) is 4. The van der Waals surface area contributed by atoms with Crippen LogP contribution in [-0.2, 0) is 6.61 Å². The summed E-state index contributed by atoms with van der Waals surface area (Å²) >= 11 is 0. The molecule has 3 aromatic rings. The van der Waals surface area contributed by atoms with E-state index < -0.39 is 5.97 Å². The zero-order valence-electron chi connectivity index (χ0n) is 12.8. The third-order valence-corrected chi connectivity index (χ3v) is 3.47. The van der Waals surface area contributed by atoms with Gasteiger partial charge in [0, 0.05) is 12.3 Å². The highest BCUT2D eigenvalue weighted by atomic mass is 16.5. The Morgan fingerprint density at radius 3 is 2.78 bits per heavy atom. The van der Waals surface area contributed by atoms with Crippen molar-refractivity contribution in [3.63, 3.8) is 0 Å². The summed E-state index contributed by atoms with van der Waals surface area (Å²) in [5.74, 6) is 0.228. The predicted octanol–water partition coefficient (Wildman–Crippen LogP) is 2.93. The highest BCUT2D eigenvalue weighted by molar-refractivity contribution is 5.88. The maximum Gasteiger partial charge on any atom is 0.354 e. The maximum absolute atomic E-state index is 11.6. The molecule has 1 aromatic carbocycles. The molecule has 3 rings (SSSR count). The number of ether oxygens (including phenoxy) is 2. The summed E-state index contributed by atoms with van der Waals surface area (Å²) in [6, 6.07) is 10.8. The number of benzene rings is 1. The molecule has 6 heteroatoms. The molecule has 0 unspecified atom stereocenters. The van der Waals surface area contributed by atoms with Gasteiger partial charge in [0.15, 0.2) is 5.69 Å². The van der Waals surface area contributed by atoms with Gasteiger partial charge in [0.2, 0.25) is 0 Å². The van der Waals surface area contributed by atoms with Crippen LogP contribution in [0, 0.1) is 6.92 Å². The zero-order chi connectivity index (χ0) is 16.4. The van der Waals surface area contributed by atoms with Crippen LogP contribution in [0.15, 0.2) is 42.6 Å². The van der Waals surface area contributed by atoms with Crippen LogP contribution in [-0.4, -0.2) is 27.6 Å². The second-order valence-electron chi connectivity index (χ2n) is 5.11. The number of aromatic nitrogens is 2. The first-order valence-corrected chi connectivity index (χ1v) is 7.06. The molecule has 2 heterocycles. The smallest absolute Gasteiger partial charge is 0.354 e. The van der Waals surface area contributed by atoms with E-state index in [0.29, 0.717) is 22.8 Å². The quantitative estimate of drug-likeness (QED) is 0.784. The lowest BCUT2D eigenvalue weighted by molar-refractivity contribution is 0.0686. The first kappa shape index (κ1) is 14.9. The van der Waals surface area contributed by atoms with Crippen molar-refractivity contribution in [1.29, 1.82) is 0 Å². The summed E-state index contributed by atoms with van der Waals surface area (Å²) in [7, 11) is 1.58. The highest BCUT2D eigenvalue weighted by Gasteiger charge is 2.19. The van der Waals surface area contributed by atoms with Gasteiger partial charge in [-0.3, -0.25) is 4.40 Å². The van der Waals surface area contributed by atoms with Crippen LogP contribution in [0.3, 0.4) is 0 Å². The lowest BCUT2D eigenvalue weighted by Gasteiger charge is -2.07. The van der Waals surface area contributed by atoms with Crippen molar-refractivity contribution in [2.75, 3.05) is 7.11 Å². The minimum atomic E-state index is -1.04. The van der Waals surface area contributed by atoms with Crippen LogP contribution in [0.25, 0.3) is 5.65 Å². The van der Waals surface area contributed by atoms with E-state index in [1.165, 1.54) is 0 Å². The Morgan fingerprint density at radius 2 is 2.04 bits per heavy atom. The summed E-state index contributed by atoms with van der Waals surface area (Å²) < 4.78 is 12.4. The van der Waals surface area contributed by atoms with Crippen molar-refractivity contribution in [2.45, 2.75) is 13.5 Å². The van der Waals surface area contributed by atoms with Crippen molar-refractivity contribution in [3.8, 4) is 11.5 Å². The molecule has 0 fully saturated rings. The molecule has 0 saturated heterocycles. The van der Waals surface area contributed by atoms with Crippen molar-refractivity contribution in [1.82, 2.24) is 9.38 Å². The fraction of sp³-hybridized carbons (Fsp3) is 0.176. The average Bonchev–Trinajstić information content (AvgIpc) is 2.90. The largest absolute Gasteiger partial charge is 0.497 e. The van der Waals surface area contributed by atoms with Gasteiger partial charge in [-0.2, -0.15) is 0 Å². The van der Waals surface area contributed by atoms with Gasteiger partial charge in [0.05, 0.1) is 7.11 Å². The van der Waals surface area contributed by atoms with Crippen LogP contribution >= 0.6 is 0 Å². The van der Waals surface area contributed by atoms with Crippen LogP contribution in [0.5, 0.6) is 11.5 Å². The van der Waals surface area contributed by atoms with Crippen molar-refractivity contribution < 1.29 is 19.4 Å². The van der Waals surface area contributed by atoms with Gasteiger partial charge in [0.1, 0.15) is 29.4 Å². The van der Waals surface area contributed by atoms with Crippen molar-refractivity contribution in [3.05, 3.63) is 59.5 Å². The third-order valence-electron chi connectivity index (χ3n) is 3.47. The van der Waals surface area contributed by atoms with Crippen molar-refractivity contribution >= 4 is 11.6 Å². The van der Waals surface area contributed by atoms with E-state index >= 15 is 0 Å². The molecule has 0 amide bonds. The highest BCUT2D eigenvalue weighted by Crippen LogP contribution is 2.21. The number of carboxylic acids is 1. The molecule has 0 aliphatic carbocycles. The van der Waals surface area contributed by atoms with E-state index in [9.17, 15) is 9.90 Å². The Hall–Kier alpha value is -3.02. The Balaban J connectivity index is 1.92. The fourth-order valence-electron chi connectivity index (χ4n) is 2.37. The van der Waals surface area contributed by atoms with Crippen LogP contribution in [0.4, 0.5) is 0 Å². The van der Waals surface area contributed by atoms with Crippen LogP contribution < -0.4 is 9.47 Å². The number of carboxylic acid groups (broad SMARTS) is 1. The number of imidazole rings is 1. The second kappa shape index (κ2) is 6.00. The number of methoxy groups -OCH3 is 1. The van der Waals surface area contributed by atoms with Crippen LogP contribution in [0.2, 0.25) is 0 Å². The van der Waals surface area contributed by atoms with E-state index in [1.54, 1.807) is 35.9 Å². The standard InChI is InChI=1S/C17H16N2O4/c1-11-6-7-19-15(8-11)18-14(16(19)17(20)21)10-23-13-5-3-4-12(9-13)22-2/h3-9H,10H2,1-2H3,(H,20,21). The minimum absolute atomic E-state index is 0.0650. The molecular formula is C17H16N2O4. The van der Waals surface area contributed by atoms with E-state index in [-0.39, 0.29) is 12.3 Å². The summed E-state index contributed by atoms with van der Waals surface area (Å²) in [6.07, 6.45) is 1.70. The summed E-state index contributed by atoms with van der Waals surface area (Å²) in [6.45, 7) is 2.00. The molecule has 0 bridgehead atoms. The SMILES string of the molecule is COc1cccc(OCc2nc3cc(C)ccn3c2C(=O)O)c1. The summed E-state index contributed by atoms with van der Waals surface area (Å²) in [4.78, 5) is 15.9. The number of rotatable bonds is 5. The Morgan fingerprint density at radius 1 is 1.26 bits per heavy atom. The van der Waals surface area contributed by atoms with Crippen LogP contribution in [0.1, 0.15) is 21.7 Å². The molecule has 6 nitrogen and oxygen atoms in total. The fourth-order valence-corrected chi connectivity index (χ4v) is 2.37. The van der Waals surface area contributed by atoms with Gasteiger partial charge >= 0.3 is 5.97 Å². The number of hydrogen-bond donors (Lipinski definition) is 1. The number of nitrogens with zero attached hydrogens (tertiary/aromatic N) is 2. The third kappa shape index (κ3) is 2.96. The molecule has 2 aromatic heterocycles. The molecule has 0 saturated carbocycles. The predicted molar refractivity (Wildman–Crippen MR) is 84.2 cm³/mol. The van der Waals surface area contributed by atoms with E-state index in [1.807, 2.05) is 25.1 Å². The van der Waals surface area contributed by atoms with E-state index in [4.69, 9.17) is 9.47 Å². The average molecular weight is 312 g/mol. The zero-order valence-corrected chi connectivity index (χ0v) is 12.8. The number of carbonyl (C=O) groups is 1. The van der Waals surface area contributed by atoms with Gasteiger partial charge in [-0.1, -0.05) is 6.07 Å². The topological polar surface area (TPSA) is 73.1 Å². The van der Waals surface area contributed by atoms with Crippen molar-refractivity contribution in [2.24, 2.45) is 0 Å². The Kier molecular flexibility index (Phi) is 3.89. The summed E-state index contributed by atoms with van der Waals surface area (Å²) in [5, 5.41) is 9.46. The van der Waals surface area contributed by atoms with E-state index in [0.717, 1.165) is 5.56 Å². The van der Waals surface area contributed by atoms with Gasteiger partial charge < -0.3 is 14.6 Å². The van der Waals surface area contributed by atoms with E-state index in [2.05, 4.69) is 4.98 Å². The first-order valence-electron chi connectivity index (χ1n) is 7.06. The maximum atomic E-state index is 11.6. The van der Waals surface area contributed by atoms with Gasteiger partial charge in [-0.15, -0.1) is 0 Å². The van der Waals surface area contributed by atoms with Gasteiger partial charge in [-0.25, -0.2) is 9.78 Å². The molecule has 0 atom stereocenters.